The van der Waals surface area contributed by atoms with Crippen LogP contribution in [0.25, 0.3) is 0 Å². The monoisotopic (exact) mass is 458 g/mol. The van der Waals surface area contributed by atoms with Crippen LogP contribution in [0.15, 0.2) is 51.1 Å². The number of aromatic nitrogens is 2. The van der Waals surface area contributed by atoms with Crippen molar-refractivity contribution in [2.75, 3.05) is 24.2 Å². The molecule has 1 amide bonds. The number of thioether (sulfide) groups is 1. The zero-order chi connectivity index (χ0) is 19.2. The molecule has 7 nitrogen and oxygen atoms in total. The van der Waals surface area contributed by atoms with Gasteiger partial charge in [-0.05, 0) is 40.2 Å². The fourth-order valence-electron chi connectivity index (χ4n) is 2.09. The Morgan fingerprint density at radius 1 is 1.15 bits per heavy atom. The van der Waals surface area contributed by atoms with Crippen LogP contribution >= 0.6 is 27.7 Å². The molecule has 2 rings (SSSR count). The Hall–Kier alpha value is -1.49. The van der Waals surface area contributed by atoms with E-state index >= 15 is 0 Å². The lowest BCUT2D eigenvalue weighted by molar-refractivity contribution is -0.113. The molecule has 0 radical (unpaired) electrons. The van der Waals surface area contributed by atoms with Crippen molar-refractivity contribution in [1.29, 1.82) is 0 Å². The van der Waals surface area contributed by atoms with Crippen LogP contribution in [0.1, 0.15) is 13.8 Å². The average molecular weight is 459 g/mol. The molecule has 140 valence electrons. The van der Waals surface area contributed by atoms with Crippen LogP contribution in [0.4, 0.5) is 5.82 Å². The van der Waals surface area contributed by atoms with Crippen LogP contribution in [-0.2, 0) is 14.8 Å². The van der Waals surface area contributed by atoms with Crippen LogP contribution in [-0.4, -0.2) is 47.4 Å². The van der Waals surface area contributed by atoms with Crippen LogP contribution in [0.3, 0.4) is 0 Å². The lowest BCUT2D eigenvalue weighted by Crippen LogP contribution is -2.30. The molecule has 0 aliphatic rings. The second kappa shape index (κ2) is 9.45. The van der Waals surface area contributed by atoms with Gasteiger partial charge in [0, 0.05) is 30.0 Å². The minimum atomic E-state index is -3.52. The molecule has 2 aromatic heterocycles. The third-order valence-corrected chi connectivity index (χ3v) is 6.84. The largest absolute Gasteiger partial charge is 0.310 e. The molecule has 0 aliphatic carbocycles. The first kappa shape index (κ1) is 20.8. The number of pyridine rings is 2. The summed E-state index contributed by atoms with van der Waals surface area (Å²) in [4.78, 5) is 20.3. The van der Waals surface area contributed by atoms with Gasteiger partial charge in [-0.3, -0.25) is 4.79 Å². The van der Waals surface area contributed by atoms with Crippen molar-refractivity contribution in [1.82, 2.24) is 14.3 Å². The van der Waals surface area contributed by atoms with Crippen molar-refractivity contribution in [2.24, 2.45) is 0 Å². The topological polar surface area (TPSA) is 92.3 Å². The van der Waals surface area contributed by atoms with E-state index in [1.54, 1.807) is 38.2 Å². The van der Waals surface area contributed by atoms with Crippen molar-refractivity contribution in [2.45, 2.75) is 23.8 Å². The number of halogens is 1. The third kappa shape index (κ3) is 5.50. The van der Waals surface area contributed by atoms with Gasteiger partial charge in [0.1, 0.15) is 10.7 Å². The van der Waals surface area contributed by atoms with E-state index in [2.05, 4.69) is 31.2 Å². The number of amides is 1. The van der Waals surface area contributed by atoms with E-state index in [4.69, 9.17) is 0 Å². The first-order valence-corrected chi connectivity index (χ1v) is 11.1. The summed E-state index contributed by atoms with van der Waals surface area (Å²) in [5.41, 5.74) is 0. The number of hydrogen-bond acceptors (Lipinski definition) is 6. The lowest BCUT2D eigenvalue weighted by atomic mass is 10.4. The van der Waals surface area contributed by atoms with Gasteiger partial charge >= 0.3 is 0 Å². The molecule has 0 atom stereocenters. The number of sulfonamides is 1. The molecule has 1 N–H and O–H groups in total. The molecule has 2 heterocycles. The maximum absolute atomic E-state index is 12.4. The quantitative estimate of drug-likeness (QED) is 0.611. The Kier molecular flexibility index (Phi) is 7.56. The highest BCUT2D eigenvalue weighted by atomic mass is 79.9. The second-order valence-electron chi connectivity index (χ2n) is 5.12. The smallest absolute Gasteiger partial charge is 0.244 e. The van der Waals surface area contributed by atoms with E-state index in [0.717, 1.165) is 4.47 Å². The van der Waals surface area contributed by atoms with Crippen LogP contribution in [0.5, 0.6) is 0 Å². The summed E-state index contributed by atoms with van der Waals surface area (Å²) >= 11 is 4.50. The van der Waals surface area contributed by atoms with E-state index in [1.807, 2.05) is 0 Å². The highest BCUT2D eigenvalue weighted by Crippen LogP contribution is 2.20. The van der Waals surface area contributed by atoms with Crippen LogP contribution < -0.4 is 5.32 Å². The summed E-state index contributed by atoms with van der Waals surface area (Å²) in [6, 6.07) is 6.59. The van der Waals surface area contributed by atoms with Gasteiger partial charge in [-0.25, -0.2) is 18.4 Å². The molecule has 0 unspecified atom stereocenters. The summed E-state index contributed by atoms with van der Waals surface area (Å²) < 4.78 is 27.0. The second-order valence-corrected chi connectivity index (χ2v) is 8.97. The summed E-state index contributed by atoms with van der Waals surface area (Å²) in [7, 11) is -3.52. The Morgan fingerprint density at radius 2 is 1.88 bits per heavy atom. The van der Waals surface area contributed by atoms with E-state index < -0.39 is 10.0 Å². The van der Waals surface area contributed by atoms with Gasteiger partial charge in [0.25, 0.3) is 0 Å². The molecule has 0 aliphatic heterocycles. The summed E-state index contributed by atoms with van der Waals surface area (Å²) in [6.07, 6.45) is 2.92. The van der Waals surface area contributed by atoms with Gasteiger partial charge < -0.3 is 5.32 Å². The van der Waals surface area contributed by atoms with Gasteiger partial charge in [-0.15, -0.1) is 0 Å². The number of rotatable bonds is 8. The zero-order valence-corrected chi connectivity index (χ0v) is 17.6. The summed E-state index contributed by atoms with van der Waals surface area (Å²) in [5, 5.41) is 3.25. The molecule has 0 saturated carbocycles. The van der Waals surface area contributed by atoms with Crippen molar-refractivity contribution >= 4 is 49.4 Å². The maximum Gasteiger partial charge on any atom is 0.244 e. The van der Waals surface area contributed by atoms with Gasteiger partial charge in [0.05, 0.1) is 10.8 Å². The minimum Gasteiger partial charge on any atom is -0.310 e. The van der Waals surface area contributed by atoms with Crippen molar-refractivity contribution in [3.8, 4) is 0 Å². The number of carbonyl (C=O) groups is 1. The predicted molar refractivity (Wildman–Crippen MR) is 106 cm³/mol. The van der Waals surface area contributed by atoms with Gasteiger partial charge in [0.2, 0.25) is 15.9 Å². The highest BCUT2D eigenvalue weighted by molar-refractivity contribution is 9.10. The molecule has 0 fully saturated rings. The lowest BCUT2D eigenvalue weighted by Gasteiger charge is -2.18. The third-order valence-electron chi connectivity index (χ3n) is 3.40. The average Bonchev–Trinajstić information content (AvgIpc) is 2.63. The molecule has 10 heteroatoms. The minimum absolute atomic E-state index is 0.146. The number of hydrogen-bond donors (Lipinski definition) is 1. The molecule has 2 aromatic rings. The van der Waals surface area contributed by atoms with E-state index in [1.165, 1.54) is 28.3 Å². The van der Waals surface area contributed by atoms with Crippen molar-refractivity contribution < 1.29 is 13.2 Å². The Bertz CT molecular complexity index is 839. The van der Waals surface area contributed by atoms with E-state index in [9.17, 15) is 13.2 Å². The predicted octanol–water partition coefficient (Wildman–Crippen LogP) is 3.00. The Labute approximate surface area is 165 Å². The molecule has 0 saturated heterocycles. The molecular weight excluding hydrogens is 440 g/mol. The number of anilines is 1. The fourth-order valence-corrected chi connectivity index (χ4v) is 4.37. The molecule has 0 spiro atoms. The Morgan fingerprint density at radius 3 is 2.42 bits per heavy atom. The van der Waals surface area contributed by atoms with Crippen molar-refractivity contribution in [3.63, 3.8) is 0 Å². The summed E-state index contributed by atoms with van der Waals surface area (Å²) in [6.45, 7) is 4.38. The van der Waals surface area contributed by atoms with Gasteiger partial charge in [0.15, 0.2) is 0 Å². The van der Waals surface area contributed by atoms with Crippen LogP contribution in [0.2, 0.25) is 0 Å². The molecule has 0 bridgehead atoms. The van der Waals surface area contributed by atoms with E-state index in [0.29, 0.717) is 23.9 Å². The number of nitrogens with one attached hydrogen (secondary N) is 1. The fraction of sp³-hybridized carbons (Fsp3) is 0.312. The molecular formula is C16H19BrN4O3S2. The standard InChI is InChI=1S/C16H19BrN4O3S2/c1-3-21(4-2)26(23,24)13-6-8-16(19-10-13)25-11-15(22)20-14-7-5-12(17)9-18-14/h5-10H,3-4,11H2,1-2H3,(H,18,20,22). The molecule has 0 aromatic carbocycles. The maximum atomic E-state index is 12.4. The first-order chi connectivity index (χ1) is 12.4. The van der Waals surface area contributed by atoms with Crippen molar-refractivity contribution in [3.05, 3.63) is 41.1 Å². The first-order valence-electron chi connectivity index (χ1n) is 7.87. The van der Waals surface area contributed by atoms with Crippen LogP contribution in [0, 0.1) is 0 Å². The Balaban J connectivity index is 1.94. The molecule has 26 heavy (non-hydrogen) atoms. The highest BCUT2D eigenvalue weighted by Gasteiger charge is 2.21. The van der Waals surface area contributed by atoms with E-state index in [-0.39, 0.29) is 16.6 Å². The number of nitrogens with zero attached hydrogens (tertiary/aromatic N) is 3. The van der Waals surface area contributed by atoms with Gasteiger partial charge in [-0.1, -0.05) is 25.6 Å². The SMILES string of the molecule is CCN(CC)S(=O)(=O)c1ccc(SCC(=O)Nc2ccc(Br)cn2)nc1. The number of carbonyl (C=O) groups excluding carboxylic acids is 1. The van der Waals surface area contributed by atoms with Gasteiger partial charge in [-0.2, -0.15) is 4.31 Å². The zero-order valence-electron chi connectivity index (χ0n) is 14.3. The normalized spacial score (nSPS) is 11.5. The summed E-state index contributed by atoms with van der Waals surface area (Å²) in [5.74, 6) is 0.395.